The number of carbonyl (C=O) groups is 1. The van der Waals surface area contributed by atoms with Crippen LogP contribution in [-0.2, 0) is 6.54 Å². The molecule has 3 rings (SSSR count). The zero-order valence-corrected chi connectivity index (χ0v) is 11.4. The van der Waals surface area contributed by atoms with Crippen LogP contribution in [0.3, 0.4) is 0 Å². The highest BCUT2D eigenvalue weighted by atomic mass is 19.1. The second-order valence-electron chi connectivity index (χ2n) is 4.50. The first-order valence-corrected chi connectivity index (χ1v) is 6.56. The first kappa shape index (κ1) is 13.2. The number of imidazole rings is 1. The predicted molar refractivity (Wildman–Crippen MR) is 77.6 cm³/mol. The van der Waals surface area contributed by atoms with Crippen LogP contribution in [0.15, 0.2) is 42.7 Å². The molecule has 0 fully saturated rings. The Balaban J connectivity index is 1.99. The van der Waals surface area contributed by atoms with Crippen molar-refractivity contribution in [3.8, 4) is 0 Å². The van der Waals surface area contributed by atoms with E-state index in [0.29, 0.717) is 23.6 Å². The number of amides is 1. The number of rotatable bonds is 3. The average molecular weight is 284 g/mol. The number of aryl methyl sites for hydroxylation is 1. The van der Waals surface area contributed by atoms with Crippen LogP contribution in [0.25, 0.3) is 11.0 Å². The summed E-state index contributed by atoms with van der Waals surface area (Å²) >= 11 is 0. The molecule has 0 spiro atoms. The maximum atomic E-state index is 13.3. The van der Waals surface area contributed by atoms with E-state index in [4.69, 9.17) is 0 Å². The Hall–Kier alpha value is -2.76. The highest BCUT2D eigenvalue weighted by molar-refractivity contribution is 6.04. The molecular formula is C15H13FN4O. The zero-order chi connectivity index (χ0) is 14.8. The van der Waals surface area contributed by atoms with Gasteiger partial charge in [-0.05, 0) is 31.2 Å². The average Bonchev–Trinajstić information content (AvgIpc) is 2.84. The lowest BCUT2D eigenvalue weighted by atomic mass is 10.2. The first-order chi connectivity index (χ1) is 10.2. The molecule has 0 saturated heterocycles. The van der Waals surface area contributed by atoms with Gasteiger partial charge in [-0.15, -0.1) is 0 Å². The molecule has 1 N–H and O–H groups in total. The summed E-state index contributed by atoms with van der Waals surface area (Å²) in [4.78, 5) is 20.3. The highest BCUT2D eigenvalue weighted by Gasteiger charge is 2.13. The molecule has 6 heteroatoms. The molecule has 2 heterocycles. The third-order valence-corrected chi connectivity index (χ3v) is 3.19. The maximum Gasteiger partial charge on any atom is 0.258 e. The molecule has 3 aromatic rings. The van der Waals surface area contributed by atoms with E-state index in [1.165, 1.54) is 12.1 Å². The Bertz CT molecular complexity index is 798. The summed E-state index contributed by atoms with van der Waals surface area (Å²) in [7, 11) is 0. The summed E-state index contributed by atoms with van der Waals surface area (Å²) < 4.78 is 15.1. The second-order valence-corrected chi connectivity index (χ2v) is 4.50. The quantitative estimate of drug-likeness (QED) is 0.804. The van der Waals surface area contributed by atoms with Crippen LogP contribution in [0.4, 0.5) is 10.3 Å². The van der Waals surface area contributed by atoms with Gasteiger partial charge in [0, 0.05) is 30.6 Å². The van der Waals surface area contributed by atoms with Crippen LogP contribution >= 0.6 is 0 Å². The molecule has 0 saturated carbocycles. The maximum absolute atomic E-state index is 13.3. The molecule has 1 aromatic carbocycles. The van der Waals surface area contributed by atoms with Crippen LogP contribution in [0.5, 0.6) is 0 Å². The van der Waals surface area contributed by atoms with Crippen LogP contribution in [-0.4, -0.2) is 20.4 Å². The van der Waals surface area contributed by atoms with Crippen LogP contribution < -0.4 is 5.32 Å². The van der Waals surface area contributed by atoms with Crippen molar-refractivity contribution in [2.24, 2.45) is 0 Å². The van der Waals surface area contributed by atoms with E-state index in [1.807, 2.05) is 11.5 Å². The van der Waals surface area contributed by atoms with Crippen molar-refractivity contribution >= 4 is 22.9 Å². The minimum Gasteiger partial charge on any atom is -0.310 e. The van der Waals surface area contributed by atoms with Crippen molar-refractivity contribution in [2.75, 3.05) is 5.32 Å². The molecule has 5 nitrogen and oxygen atoms in total. The van der Waals surface area contributed by atoms with Gasteiger partial charge in [0.1, 0.15) is 5.82 Å². The lowest BCUT2D eigenvalue weighted by Crippen LogP contribution is -2.15. The molecule has 2 aromatic heterocycles. The fourth-order valence-corrected chi connectivity index (χ4v) is 2.20. The minimum absolute atomic E-state index is 0.275. The van der Waals surface area contributed by atoms with Gasteiger partial charge in [0.05, 0.1) is 11.0 Å². The van der Waals surface area contributed by atoms with Crippen molar-refractivity contribution in [1.29, 1.82) is 0 Å². The van der Waals surface area contributed by atoms with E-state index >= 15 is 0 Å². The van der Waals surface area contributed by atoms with Gasteiger partial charge in [-0.1, -0.05) is 0 Å². The van der Waals surface area contributed by atoms with Gasteiger partial charge in [-0.2, -0.15) is 0 Å². The van der Waals surface area contributed by atoms with Crippen molar-refractivity contribution in [3.63, 3.8) is 0 Å². The molecule has 0 bridgehead atoms. The van der Waals surface area contributed by atoms with Crippen molar-refractivity contribution in [2.45, 2.75) is 13.5 Å². The number of nitrogens with one attached hydrogen (secondary N) is 1. The fourth-order valence-electron chi connectivity index (χ4n) is 2.20. The number of fused-ring (bicyclic) bond motifs is 1. The van der Waals surface area contributed by atoms with E-state index < -0.39 is 0 Å². The summed E-state index contributed by atoms with van der Waals surface area (Å²) in [5.74, 6) is -0.224. The smallest absolute Gasteiger partial charge is 0.258 e. The standard InChI is InChI=1S/C15H13FN4O/c1-2-20-13-4-3-11(16)9-12(13)18-15(20)19-14(21)10-5-7-17-8-6-10/h3-9H,2H2,1H3,(H,18,19,21). The molecule has 0 aliphatic rings. The van der Waals surface area contributed by atoms with Crippen molar-refractivity contribution < 1.29 is 9.18 Å². The van der Waals surface area contributed by atoms with Gasteiger partial charge in [-0.25, -0.2) is 9.37 Å². The van der Waals surface area contributed by atoms with Gasteiger partial charge < -0.3 is 4.57 Å². The van der Waals surface area contributed by atoms with Crippen molar-refractivity contribution in [1.82, 2.24) is 14.5 Å². The number of benzene rings is 1. The zero-order valence-electron chi connectivity index (χ0n) is 11.4. The fraction of sp³-hybridized carbons (Fsp3) is 0.133. The molecule has 0 atom stereocenters. The monoisotopic (exact) mass is 284 g/mol. The number of nitrogens with zero attached hydrogens (tertiary/aromatic N) is 3. The normalized spacial score (nSPS) is 10.8. The first-order valence-electron chi connectivity index (χ1n) is 6.56. The van der Waals surface area contributed by atoms with Crippen LogP contribution in [0, 0.1) is 5.82 Å². The Morgan fingerprint density at radius 1 is 1.29 bits per heavy atom. The van der Waals surface area contributed by atoms with E-state index in [0.717, 1.165) is 5.52 Å². The van der Waals surface area contributed by atoms with Gasteiger partial charge in [0.25, 0.3) is 5.91 Å². The number of aromatic nitrogens is 3. The highest BCUT2D eigenvalue weighted by Crippen LogP contribution is 2.21. The molecule has 0 aliphatic carbocycles. The molecule has 0 radical (unpaired) electrons. The Morgan fingerprint density at radius 2 is 2.05 bits per heavy atom. The van der Waals surface area contributed by atoms with Crippen molar-refractivity contribution in [3.05, 3.63) is 54.1 Å². The number of hydrogen-bond donors (Lipinski definition) is 1. The van der Waals surface area contributed by atoms with Gasteiger partial charge in [-0.3, -0.25) is 15.1 Å². The molecule has 0 aliphatic heterocycles. The van der Waals surface area contributed by atoms with E-state index in [2.05, 4.69) is 15.3 Å². The number of halogens is 1. The topological polar surface area (TPSA) is 59.8 Å². The van der Waals surface area contributed by atoms with Crippen LogP contribution in [0.2, 0.25) is 0 Å². The molecule has 0 unspecified atom stereocenters. The summed E-state index contributed by atoms with van der Waals surface area (Å²) in [6.07, 6.45) is 3.10. The predicted octanol–water partition coefficient (Wildman–Crippen LogP) is 2.84. The van der Waals surface area contributed by atoms with Gasteiger partial charge in [0.15, 0.2) is 0 Å². The summed E-state index contributed by atoms with van der Waals surface area (Å²) in [6, 6.07) is 7.62. The summed E-state index contributed by atoms with van der Waals surface area (Å²) in [5.41, 5.74) is 1.79. The third kappa shape index (κ3) is 2.47. The second kappa shape index (κ2) is 5.32. The summed E-state index contributed by atoms with van der Waals surface area (Å²) in [5, 5.41) is 2.75. The summed E-state index contributed by atoms with van der Waals surface area (Å²) in [6.45, 7) is 2.56. The van der Waals surface area contributed by atoms with E-state index in [-0.39, 0.29) is 11.7 Å². The number of carbonyl (C=O) groups excluding carboxylic acids is 1. The Kier molecular flexibility index (Phi) is 3.35. The van der Waals surface area contributed by atoms with E-state index in [1.54, 1.807) is 30.6 Å². The molecule has 1 amide bonds. The SMILES string of the molecule is CCn1c(NC(=O)c2ccncc2)nc2cc(F)ccc21. The van der Waals surface area contributed by atoms with Crippen LogP contribution in [0.1, 0.15) is 17.3 Å². The minimum atomic E-state index is -0.352. The largest absolute Gasteiger partial charge is 0.310 e. The van der Waals surface area contributed by atoms with Gasteiger partial charge in [0.2, 0.25) is 5.95 Å². The third-order valence-electron chi connectivity index (χ3n) is 3.19. The number of hydrogen-bond acceptors (Lipinski definition) is 3. The van der Waals surface area contributed by atoms with Gasteiger partial charge >= 0.3 is 0 Å². The van der Waals surface area contributed by atoms with E-state index in [9.17, 15) is 9.18 Å². The lowest BCUT2D eigenvalue weighted by Gasteiger charge is -2.07. The molecule has 21 heavy (non-hydrogen) atoms. The Morgan fingerprint density at radius 3 is 2.76 bits per heavy atom. The molecular weight excluding hydrogens is 271 g/mol. The Labute approximate surface area is 120 Å². The number of anilines is 1. The molecule has 106 valence electrons. The number of pyridine rings is 1. The lowest BCUT2D eigenvalue weighted by molar-refractivity contribution is 0.102.